The maximum atomic E-state index is 9.25. The number of benzene rings is 4. The van der Waals surface area contributed by atoms with Crippen LogP contribution < -0.4 is 0 Å². The summed E-state index contributed by atoms with van der Waals surface area (Å²) in [6.07, 6.45) is 0. The summed E-state index contributed by atoms with van der Waals surface area (Å²) in [6.45, 7) is 1.81. The molecular weight excluding hydrogens is 480 g/mol. The number of hydrogen-bond donors (Lipinski definition) is 0. The second kappa shape index (κ2) is 10.6. The van der Waals surface area contributed by atoms with E-state index in [4.69, 9.17) is 0 Å². The van der Waals surface area contributed by atoms with Crippen molar-refractivity contribution in [3.8, 4) is 12.1 Å². The molecule has 0 saturated carbocycles. The van der Waals surface area contributed by atoms with Gasteiger partial charge in [0.1, 0.15) is 17.7 Å². The molecule has 0 bridgehead atoms. The second-order valence-electron chi connectivity index (χ2n) is 7.79. The minimum absolute atomic E-state index is 0.131. The van der Waals surface area contributed by atoms with E-state index in [9.17, 15) is 10.5 Å². The fraction of sp³-hybridized carbons (Fsp3) is 0.0323. The van der Waals surface area contributed by atoms with Crippen LogP contribution in [0.4, 0.5) is 0 Å². The van der Waals surface area contributed by atoms with Crippen LogP contribution >= 0.6 is 15.9 Å². The van der Waals surface area contributed by atoms with Crippen LogP contribution in [0.3, 0.4) is 0 Å². The third-order valence-electron chi connectivity index (χ3n) is 5.71. The molecule has 4 aromatic rings. The number of nitrogens with zero attached hydrogens (tertiary/aromatic N) is 2. The molecule has 4 rings (SSSR count). The summed E-state index contributed by atoms with van der Waals surface area (Å²) in [6, 6.07) is 41.2. The lowest BCUT2D eigenvalue weighted by molar-refractivity contribution is 1.44. The first-order valence-corrected chi connectivity index (χ1v) is 11.6. The van der Waals surface area contributed by atoms with Crippen molar-refractivity contribution in [3.05, 3.63) is 147 Å². The van der Waals surface area contributed by atoms with Gasteiger partial charge in [0, 0.05) is 4.47 Å². The predicted molar refractivity (Wildman–Crippen MR) is 142 cm³/mol. The van der Waals surface area contributed by atoms with Gasteiger partial charge in [0.05, 0.1) is 0 Å². The zero-order valence-corrected chi connectivity index (χ0v) is 20.3. The summed E-state index contributed by atoms with van der Waals surface area (Å²) >= 11 is 3.56. The lowest BCUT2D eigenvalue weighted by Gasteiger charge is -2.18. The SMILES string of the molecule is CC(=C(C#N)C#N)c1ccc(/C(=C(\c2ccccc2)c2ccc(Br)cc2)c2ccccc2)cc1. The monoisotopic (exact) mass is 500 g/mol. The lowest BCUT2D eigenvalue weighted by atomic mass is 9.85. The normalized spacial score (nSPS) is 11.1. The highest BCUT2D eigenvalue weighted by molar-refractivity contribution is 9.10. The summed E-state index contributed by atoms with van der Waals surface area (Å²) in [5, 5.41) is 18.5. The van der Waals surface area contributed by atoms with Crippen molar-refractivity contribution in [2.75, 3.05) is 0 Å². The minimum atomic E-state index is 0.131. The van der Waals surface area contributed by atoms with E-state index in [1.807, 2.05) is 55.5 Å². The average molecular weight is 501 g/mol. The van der Waals surface area contributed by atoms with Crippen LogP contribution in [0.1, 0.15) is 34.7 Å². The Morgan fingerprint density at radius 3 is 1.29 bits per heavy atom. The molecule has 0 N–H and O–H groups in total. The summed E-state index contributed by atoms with van der Waals surface area (Å²) in [4.78, 5) is 0. The first-order valence-electron chi connectivity index (χ1n) is 10.9. The highest BCUT2D eigenvalue weighted by Gasteiger charge is 2.16. The standard InChI is InChI=1S/C31H21BrN2/c1-22(28(20-33)21-34)23-12-14-26(15-13-23)30(24-8-4-2-5-9-24)31(25-10-6-3-7-11-25)27-16-18-29(32)19-17-27/h2-19H,1H3/b31-30+. The quantitative estimate of drug-likeness (QED) is 0.204. The molecule has 0 unspecified atom stereocenters. The first kappa shape index (κ1) is 23.0. The maximum Gasteiger partial charge on any atom is 0.133 e. The summed E-state index contributed by atoms with van der Waals surface area (Å²) in [7, 11) is 0. The predicted octanol–water partition coefficient (Wildman–Crippen LogP) is 8.28. The first-order chi connectivity index (χ1) is 16.6. The van der Waals surface area contributed by atoms with E-state index in [1.165, 1.54) is 0 Å². The zero-order valence-electron chi connectivity index (χ0n) is 18.7. The number of nitriles is 2. The van der Waals surface area contributed by atoms with Crippen molar-refractivity contribution in [1.82, 2.24) is 0 Å². The van der Waals surface area contributed by atoms with Gasteiger partial charge in [-0.15, -0.1) is 0 Å². The van der Waals surface area contributed by atoms with E-state index in [0.717, 1.165) is 43.4 Å². The van der Waals surface area contributed by atoms with Gasteiger partial charge in [-0.05, 0) is 63.6 Å². The number of rotatable bonds is 5. The minimum Gasteiger partial charge on any atom is -0.192 e. The molecule has 0 fully saturated rings. The van der Waals surface area contributed by atoms with E-state index < -0.39 is 0 Å². The molecule has 0 aliphatic rings. The van der Waals surface area contributed by atoms with E-state index in [-0.39, 0.29) is 5.57 Å². The molecule has 34 heavy (non-hydrogen) atoms. The van der Waals surface area contributed by atoms with Crippen LogP contribution in [0.5, 0.6) is 0 Å². The van der Waals surface area contributed by atoms with Gasteiger partial charge in [-0.3, -0.25) is 0 Å². The topological polar surface area (TPSA) is 47.6 Å². The van der Waals surface area contributed by atoms with Crippen LogP contribution in [0, 0.1) is 22.7 Å². The number of halogens is 1. The number of hydrogen-bond acceptors (Lipinski definition) is 2. The Labute approximate surface area is 208 Å². The van der Waals surface area contributed by atoms with Crippen molar-refractivity contribution < 1.29 is 0 Å². The lowest BCUT2D eigenvalue weighted by Crippen LogP contribution is -1.98. The fourth-order valence-corrected chi connectivity index (χ4v) is 4.23. The average Bonchev–Trinajstić information content (AvgIpc) is 2.90. The van der Waals surface area contributed by atoms with Crippen molar-refractivity contribution in [2.24, 2.45) is 0 Å². The molecule has 4 aromatic carbocycles. The molecule has 0 atom stereocenters. The maximum absolute atomic E-state index is 9.25. The van der Waals surface area contributed by atoms with Crippen LogP contribution in [-0.2, 0) is 0 Å². The Hall–Kier alpha value is -4.18. The molecule has 3 heteroatoms. The molecule has 0 saturated heterocycles. The Morgan fingerprint density at radius 2 is 0.882 bits per heavy atom. The van der Waals surface area contributed by atoms with Crippen LogP contribution in [-0.4, -0.2) is 0 Å². The molecule has 0 aliphatic heterocycles. The molecule has 0 heterocycles. The third kappa shape index (κ3) is 4.91. The molecule has 0 spiro atoms. The highest BCUT2D eigenvalue weighted by Crippen LogP contribution is 2.37. The molecule has 0 radical (unpaired) electrons. The zero-order chi connectivity index (χ0) is 23.9. The molecule has 162 valence electrons. The smallest absolute Gasteiger partial charge is 0.133 e. The molecule has 2 nitrogen and oxygen atoms in total. The van der Waals surface area contributed by atoms with Gasteiger partial charge in [-0.2, -0.15) is 10.5 Å². The van der Waals surface area contributed by atoms with Gasteiger partial charge in [0.15, 0.2) is 0 Å². The summed E-state index contributed by atoms with van der Waals surface area (Å²) < 4.78 is 1.03. The Balaban J connectivity index is 2.01. The summed E-state index contributed by atoms with van der Waals surface area (Å²) in [5.74, 6) is 0. The molecule has 0 aromatic heterocycles. The van der Waals surface area contributed by atoms with E-state index in [0.29, 0.717) is 5.57 Å². The fourth-order valence-electron chi connectivity index (χ4n) is 3.96. The van der Waals surface area contributed by atoms with Gasteiger partial charge in [-0.1, -0.05) is 113 Å². The van der Waals surface area contributed by atoms with Gasteiger partial charge in [0.25, 0.3) is 0 Å². The molecule has 0 amide bonds. The van der Waals surface area contributed by atoms with Crippen LogP contribution in [0.15, 0.2) is 119 Å². The van der Waals surface area contributed by atoms with Crippen LogP contribution in [0.25, 0.3) is 16.7 Å². The highest BCUT2D eigenvalue weighted by atomic mass is 79.9. The molecular formula is C31H21BrN2. The van der Waals surface area contributed by atoms with Gasteiger partial charge in [0.2, 0.25) is 0 Å². The largest absolute Gasteiger partial charge is 0.192 e. The number of allylic oxidation sites excluding steroid dienone is 2. The van der Waals surface area contributed by atoms with Crippen LogP contribution in [0.2, 0.25) is 0 Å². The van der Waals surface area contributed by atoms with Crippen molar-refractivity contribution in [2.45, 2.75) is 6.92 Å². The Kier molecular flexibility index (Phi) is 7.19. The van der Waals surface area contributed by atoms with Crippen molar-refractivity contribution >= 4 is 32.6 Å². The summed E-state index contributed by atoms with van der Waals surface area (Å²) in [5.41, 5.74) is 8.32. The van der Waals surface area contributed by atoms with Gasteiger partial charge >= 0.3 is 0 Å². The van der Waals surface area contributed by atoms with Gasteiger partial charge in [-0.25, -0.2) is 0 Å². The van der Waals surface area contributed by atoms with E-state index in [1.54, 1.807) is 0 Å². The van der Waals surface area contributed by atoms with Gasteiger partial charge < -0.3 is 0 Å². The Bertz CT molecular complexity index is 1420. The second-order valence-corrected chi connectivity index (χ2v) is 8.71. The molecule has 0 aliphatic carbocycles. The van der Waals surface area contributed by atoms with Crippen molar-refractivity contribution in [3.63, 3.8) is 0 Å². The van der Waals surface area contributed by atoms with E-state index >= 15 is 0 Å². The third-order valence-corrected chi connectivity index (χ3v) is 6.24. The Morgan fingerprint density at radius 1 is 0.529 bits per heavy atom. The van der Waals surface area contributed by atoms with E-state index in [2.05, 4.69) is 88.7 Å². The van der Waals surface area contributed by atoms with Crippen molar-refractivity contribution in [1.29, 1.82) is 10.5 Å².